The monoisotopic (exact) mass is 246 g/mol. The molecule has 0 aromatic rings. The summed E-state index contributed by atoms with van der Waals surface area (Å²) in [5.74, 6) is 0.164. The average Bonchev–Trinajstić information content (AvgIpc) is 2.76. The van der Waals surface area contributed by atoms with E-state index in [9.17, 15) is 4.79 Å². The molecular weight excluding hydrogens is 232 g/mol. The molecular formula is C10H15BrO2. The minimum atomic E-state index is -0.0124. The second kappa shape index (κ2) is 3.26. The molecule has 0 saturated heterocycles. The van der Waals surface area contributed by atoms with Crippen LogP contribution >= 0.6 is 15.9 Å². The second-order valence-electron chi connectivity index (χ2n) is 4.33. The van der Waals surface area contributed by atoms with Gasteiger partial charge in [0.05, 0.1) is 13.0 Å². The Balaban J connectivity index is 1.86. The number of methoxy groups -OCH3 is 1. The molecule has 1 spiro atoms. The maximum Gasteiger partial charge on any atom is 0.308 e. The number of alkyl halides is 1. The number of esters is 1. The molecule has 2 saturated carbocycles. The van der Waals surface area contributed by atoms with Crippen LogP contribution in [0, 0.1) is 11.3 Å². The van der Waals surface area contributed by atoms with Crippen molar-refractivity contribution in [2.24, 2.45) is 11.3 Å². The van der Waals surface area contributed by atoms with Gasteiger partial charge in [0.1, 0.15) is 0 Å². The van der Waals surface area contributed by atoms with Gasteiger partial charge < -0.3 is 4.74 Å². The van der Waals surface area contributed by atoms with E-state index in [1.54, 1.807) is 0 Å². The fourth-order valence-corrected chi connectivity index (χ4v) is 3.51. The van der Waals surface area contributed by atoms with Gasteiger partial charge in [0, 0.05) is 4.83 Å². The summed E-state index contributed by atoms with van der Waals surface area (Å²) in [5.41, 5.74) is 0.560. The largest absolute Gasteiger partial charge is 0.469 e. The Bertz CT molecular complexity index is 219. The van der Waals surface area contributed by atoms with Crippen molar-refractivity contribution in [1.82, 2.24) is 0 Å². The molecule has 2 aliphatic rings. The van der Waals surface area contributed by atoms with E-state index in [1.807, 2.05) is 0 Å². The van der Waals surface area contributed by atoms with Crippen LogP contribution in [0.3, 0.4) is 0 Å². The Kier molecular flexibility index (Phi) is 2.39. The van der Waals surface area contributed by atoms with Crippen molar-refractivity contribution < 1.29 is 9.53 Å². The lowest BCUT2D eigenvalue weighted by molar-refractivity contribution is -0.146. The van der Waals surface area contributed by atoms with Crippen molar-refractivity contribution in [3.63, 3.8) is 0 Å². The minimum absolute atomic E-state index is 0.0124. The predicted molar refractivity (Wildman–Crippen MR) is 53.7 cm³/mol. The van der Waals surface area contributed by atoms with Crippen molar-refractivity contribution in [1.29, 1.82) is 0 Å². The molecule has 0 amide bonds. The van der Waals surface area contributed by atoms with Gasteiger partial charge in [-0.2, -0.15) is 0 Å². The van der Waals surface area contributed by atoms with E-state index in [4.69, 9.17) is 4.74 Å². The topological polar surface area (TPSA) is 26.3 Å². The lowest BCUT2D eigenvalue weighted by Crippen LogP contribution is -2.24. The molecule has 2 nitrogen and oxygen atoms in total. The van der Waals surface area contributed by atoms with E-state index in [0.29, 0.717) is 5.41 Å². The number of carbonyl (C=O) groups is 1. The van der Waals surface area contributed by atoms with Gasteiger partial charge in [-0.15, -0.1) is 0 Å². The van der Waals surface area contributed by atoms with Crippen LogP contribution in [0.1, 0.15) is 32.1 Å². The zero-order valence-electron chi connectivity index (χ0n) is 7.88. The molecule has 1 atom stereocenters. The average molecular weight is 247 g/mol. The molecule has 3 heteroatoms. The van der Waals surface area contributed by atoms with E-state index in [1.165, 1.54) is 26.4 Å². The van der Waals surface area contributed by atoms with Crippen LogP contribution in [0.25, 0.3) is 0 Å². The summed E-state index contributed by atoms with van der Waals surface area (Å²) in [4.78, 5) is 12.0. The highest BCUT2D eigenvalue weighted by molar-refractivity contribution is 9.09. The summed E-state index contributed by atoms with van der Waals surface area (Å²) in [6, 6.07) is 0. The van der Waals surface area contributed by atoms with Gasteiger partial charge in [-0.25, -0.2) is 0 Å². The lowest BCUT2D eigenvalue weighted by Gasteiger charge is -2.26. The zero-order valence-corrected chi connectivity index (χ0v) is 9.47. The Hall–Kier alpha value is -0.0500. The number of halogens is 1. The van der Waals surface area contributed by atoms with Gasteiger partial charge in [0.25, 0.3) is 0 Å². The quantitative estimate of drug-likeness (QED) is 0.525. The Morgan fingerprint density at radius 1 is 1.46 bits per heavy atom. The van der Waals surface area contributed by atoms with Gasteiger partial charge in [0.2, 0.25) is 0 Å². The Labute approximate surface area is 87.2 Å². The third-order valence-electron chi connectivity index (χ3n) is 3.61. The molecule has 0 heterocycles. The molecule has 0 aromatic heterocycles. The standard InChI is InChI=1S/C10H15BrO2/c1-13-9(12)7-2-4-10(5-3-7)6-8(10)11/h7-8H,2-6H2,1H3. The number of rotatable bonds is 1. The van der Waals surface area contributed by atoms with Crippen LogP contribution in [0.5, 0.6) is 0 Å². The molecule has 74 valence electrons. The highest BCUT2D eigenvalue weighted by Gasteiger charge is 2.54. The van der Waals surface area contributed by atoms with E-state index >= 15 is 0 Å². The third-order valence-corrected chi connectivity index (χ3v) is 4.90. The van der Waals surface area contributed by atoms with Crippen LogP contribution in [0.15, 0.2) is 0 Å². The molecule has 0 aliphatic heterocycles. The second-order valence-corrected chi connectivity index (χ2v) is 5.44. The summed E-state index contributed by atoms with van der Waals surface area (Å²) in [6.07, 6.45) is 5.75. The fourth-order valence-electron chi connectivity index (χ4n) is 2.41. The molecule has 13 heavy (non-hydrogen) atoms. The normalized spacial score (nSPS) is 43.2. The van der Waals surface area contributed by atoms with Gasteiger partial charge in [-0.1, -0.05) is 15.9 Å². The summed E-state index contributed by atoms with van der Waals surface area (Å²) < 4.78 is 4.75. The summed E-state index contributed by atoms with van der Waals surface area (Å²) >= 11 is 3.66. The third kappa shape index (κ3) is 1.63. The molecule has 1 unspecified atom stereocenters. The SMILES string of the molecule is COC(=O)C1CCC2(CC1)CC2Br. The molecule has 2 fully saturated rings. The highest BCUT2D eigenvalue weighted by atomic mass is 79.9. The van der Waals surface area contributed by atoms with Crippen LogP contribution in [-0.4, -0.2) is 17.9 Å². The molecule has 0 radical (unpaired) electrons. The predicted octanol–water partition coefficient (Wildman–Crippen LogP) is 2.50. The van der Waals surface area contributed by atoms with Crippen molar-refractivity contribution in [3.8, 4) is 0 Å². The van der Waals surface area contributed by atoms with Crippen LogP contribution < -0.4 is 0 Å². The first kappa shape index (κ1) is 9.50. The molecule has 0 N–H and O–H groups in total. The van der Waals surface area contributed by atoms with E-state index in [0.717, 1.165) is 17.7 Å². The summed E-state index contributed by atoms with van der Waals surface area (Å²) in [6.45, 7) is 0. The van der Waals surface area contributed by atoms with E-state index in [2.05, 4.69) is 15.9 Å². The van der Waals surface area contributed by atoms with E-state index < -0.39 is 0 Å². The minimum Gasteiger partial charge on any atom is -0.469 e. The van der Waals surface area contributed by atoms with Crippen molar-refractivity contribution in [2.75, 3.05) is 7.11 Å². The molecule has 0 bridgehead atoms. The maximum atomic E-state index is 11.2. The summed E-state index contributed by atoms with van der Waals surface area (Å²) in [5, 5.41) is 0. The molecule has 2 aliphatic carbocycles. The van der Waals surface area contributed by atoms with Crippen LogP contribution in [0.2, 0.25) is 0 Å². The number of carbonyl (C=O) groups excluding carboxylic acids is 1. The number of hydrogen-bond acceptors (Lipinski definition) is 2. The van der Waals surface area contributed by atoms with E-state index in [-0.39, 0.29) is 11.9 Å². The fraction of sp³-hybridized carbons (Fsp3) is 0.900. The first-order valence-electron chi connectivity index (χ1n) is 4.90. The zero-order chi connectivity index (χ0) is 9.47. The van der Waals surface area contributed by atoms with Crippen LogP contribution in [-0.2, 0) is 9.53 Å². The summed E-state index contributed by atoms with van der Waals surface area (Å²) in [7, 11) is 1.48. The molecule has 2 rings (SSSR count). The highest BCUT2D eigenvalue weighted by Crippen LogP contribution is 2.61. The Morgan fingerprint density at radius 3 is 2.38 bits per heavy atom. The first-order valence-corrected chi connectivity index (χ1v) is 5.81. The smallest absolute Gasteiger partial charge is 0.308 e. The number of ether oxygens (including phenoxy) is 1. The Morgan fingerprint density at radius 2 is 2.00 bits per heavy atom. The van der Waals surface area contributed by atoms with Gasteiger partial charge in [-0.05, 0) is 37.5 Å². The number of hydrogen-bond donors (Lipinski definition) is 0. The van der Waals surface area contributed by atoms with Gasteiger partial charge in [-0.3, -0.25) is 4.79 Å². The van der Waals surface area contributed by atoms with Gasteiger partial charge >= 0.3 is 5.97 Å². The van der Waals surface area contributed by atoms with Crippen molar-refractivity contribution >= 4 is 21.9 Å². The van der Waals surface area contributed by atoms with Crippen LogP contribution in [0.4, 0.5) is 0 Å². The first-order chi connectivity index (χ1) is 6.18. The van der Waals surface area contributed by atoms with Crippen molar-refractivity contribution in [3.05, 3.63) is 0 Å². The van der Waals surface area contributed by atoms with Crippen molar-refractivity contribution in [2.45, 2.75) is 36.9 Å². The molecule has 0 aromatic carbocycles. The lowest BCUT2D eigenvalue weighted by atomic mass is 9.80. The maximum absolute atomic E-state index is 11.2. The van der Waals surface area contributed by atoms with Gasteiger partial charge in [0.15, 0.2) is 0 Å².